The SMILES string of the molecule is Cc1ccc2nc(Nc3c(Cl)cc(F)cc3Br)sc2c1. The number of hydrogen-bond acceptors (Lipinski definition) is 3. The van der Waals surface area contributed by atoms with E-state index in [9.17, 15) is 4.39 Å². The van der Waals surface area contributed by atoms with E-state index < -0.39 is 0 Å². The number of nitrogens with one attached hydrogen (secondary N) is 1. The van der Waals surface area contributed by atoms with Gasteiger partial charge in [-0.3, -0.25) is 0 Å². The number of nitrogens with zero attached hydrogens (tertiary/aromatic N) is 1. The minimum atomic E-state index is -0.382. The Morgan fingerprint density at radius 3 is 2.85 bits per heavy atom. The molecular formula is C14H9BrClFN2S. The van der Waals surface area contributed by atoms with Crippen LogP contribution in [-0.4, -0.2) is 4.98 Å². The normalized spacial score (nSPS) is 11.0. The highest BCUT2D eigenvalue weighted by atomic mass is 79.9. The molecule has 1 heterocycles. The van der Waals surface area contributed by atoms with Gasteiger partial charge in [0, 0.05) is 4.47 Å². The Hall–Kier alpha value is -1.17. The van der Waals surface area contributed by atoms with Crippen molar-refractivity contribution in [1.29, 1.82) is 0 Å². The molecule has 3 rings (SSSR count). The van der Waals surface area contributed by atoms with Crippen molar-refractivity contribution < 1.29 is 4.39 Å². The monoisotopic (exact) mass is 370 g/mol. The van der Waals surface area contributed by atoms with Crippen LogP contribution in [0, 0.1) is 12.7 Å². The summed E-state index contributed by atoms with van der Waals surface area (Å²) in [5.74, 6) is -0.382. The third-order valence-electron chi connectivity index (χ3n) is 2.78. The summed E-state index contributed by atoms with van der Waals surface area (Å²) >= 11 is 10.9. The molecule has 2 aromatic carbocycles. The van der Waals surface area contributed by atoms with E-state index in [4.69, 9.17) is 11.6 Å². The molecule has 1 N–H and O–H groups in total. The molecule has 0 atom stereocenters. The van der Waals surface area contributed by atoms with Crippen molar-refractivity contribution >= 4 is 59.9 Å². The van der Waals surface area contributed by atoms with Gasteiger partial charge < -0.3 is 5.32 Å². The number of fused-ring (bicyclic) bond motifs is 1. The van der Waals surface area contributed by atoms with Gasteiger partial charge in [-0.15, -0.1) is 0 Å². The summed E-state index contributed by atoms with van der Waals surface area (Å²) in [5.41, 5.74) is 2.73. The van der Waals surface area contributed by atoms with Crippen LogP contribution in [-0.2, 0) is 0 Å². The van der Waals surface area contributed by atoms with Crippen LogP contribution in [0.1, 0.15) is 5.56 Å². The van der Waals surface area contributed by atoms with Crippen molar-refractivity contribution in [2.75, 3.05) is 5.32 Å². The number of aromatic nitrogens is 1. The van der Waals surface area contributed by atoms with Crippen LogP contribution in [0.3, 0.4) is 0 Å². The second-order valence-corrected chi connectivity index (χ2v) is 6.65. The lowest BCUT2D eigenvalue weighted by molar-refractivity contribution is 0.627. The molecule has 0 saturated heterocycles. The van der Waals surface area contributed by atoms with E-state index in [1.807, 2.05) is 19.1 Å². The summed E-state index contributed by atoms with van der Waals surface area (Å²) in [6.45, 7) is 2.04. The molecule has 102 valence electrons. The van der Waals surface area contributed by atoms with E-state index in [-0.39, 0.29) is 5.82 Å². The molecule has 0 amide bonds. The molecule has 0 unspecified atom stereocenters. The number of aryl methyl sites for hydroxylation is 1. The lowest BCUT2D eigenvalue weighted by atomic mass is 10.2. The maximum absolute atomic E-state index is 13.2. The predicted octanol–water partition coefficient (Wildman–Crippen LogP) is 5.90. The highest BCUT2D eigenvalue weighted by Gasteiger charge is 2.11. The molecule has 0 spiro atoms. The standard InChI is InChI=1S/C14H9BrClFN2S/c1-7-2-3-11-12(4-7)20-14(18-11)19-13-9(15)5-8(17)6-10(13)16/h2-6H,1H3,(H,18,19). The van der Waals surface area contributed by atoms with Gasteiger partial charge in [-0.05, 0) is 52.7 Å². The van der Waals surface area contributed by atoms with Crippen LogP contribution in [0.15, 0.2) is 34.8 Å². The largest absolute Gasteiger partial charge is 0.329 e. The number of hydrogen-bond donors (Lipinski definition) is 1. The van der Waals surface area contributed by atoms with E-state index in [1.54, 1.807) is 0 Å². The molecule has 0 bridgehead atoms. The summed E-state index contributed by atoms with van der Waals surface area (Å²) in [6, 6.07) is 8.72. The molecule has 0 aliphatic rings. The maximum Gasteiger partial charge on any atom is 0.188 e. The Balaban J connectivity index is 2.01. The lowest BCUT2D eigenvalue weighted by Crippen LogP contribution is -1.92. The zero-order valence-corrected chi connectivity index (χ0v) is 13.5. The Bertz CT molecular complexity index is 780. The zero-order chi connectivity index (χ0) is 14.3. The Kier molecular flexibility index (Phi) is 3.67. The van der Waals surface area contributed by atoms with Gasteiger partial charge in [0.25, 0.3) is 0 Å². The van der Waals surface area contributed by atoms with Gasteiger partial charge in [-0.1, -0.05) is 29.0 Å². The van der Waals surface area contributed by atoms with Crippen molar-refractivity contribution in [2.45, 2.75) is 6.92 Å². The van der Waals surface area contributed by atoms with Crippen molar-refractivity contribution in [2.24, 2.45) is 0 Å². The molecular weight excluding hydrogens is 363 g/mol. The molecule has 3 aromatic rings. The van der Waals surface area contributed by atoms with E-state index in [0.29, 0.717) is 15.2 Å². The molecule has 0 fully saturated rings. The van der Waals surface area contributed by atoms with Crippen LogP contribution < -0.4 is 5.32 Å². The fourth-order valence-corrected chi connectivity index (χ4v) is 3.72. The average molecular weight is 372 g/mol. The molecule has 20 heavy (non-hydrogen) atoms. The van der Waals surface area contributed by atoms with Gasteiger partial charge in [0.15, 0.2) is 5.13 Å². The van der Waals surface area contributed by atoms with Crippen LogP contribution in [0.5, 0.6) is 0 Å². The highest BCUT2D eigenvalue weighted by Crippen LogP contribution is 2.36. The molecule has 2 nitrogen and oxygen atoms in total. The number of benzene rings is 2. The Morgan fingerprint density at radius 2 is 2.10 bits per heavy atom. The minimum absolute atomic E-state index is 0.312. The first-order chi connectivity index (χ1) is 9.52. The number of thiazole rings is 1. The van der Waals surface area contributed by atoms with Crippen molar-refractivity contribution in [3.63, 3.8) is 0 Å². The molecule has 6 heteroatoms. The first-order valence-corrected chi connectivity index (χ1v) is 7.80. The van der Waals surface area contributed by atoms with Gasteiger partial charge in [0.1, 0.15) is 5.82 Å². The van der Waals surface area contributed by atoms with E-state index in [1.165, 1.54) is 29.0 Å². The average Bonchev–Trinajstić information content (AvgIpc) is 2.75. The van der Waals surface area contributed by atoms with Crippen molar-refractivity contribution in [3.05, 3.63) is 51.2 Å². The number of rotatable bonds is 2. The fourth-order valence-electron chi connectivity index (χ4n) is 1.85. The maximum atomic E-state index is 13.2. The van der Waals surface area contributed by atoms with Gasteiger partial charge >= 0.3 is 0 Å². The summed E-state index contributed by atoms with van der Waals surface area (Å²) in [6.07, 6.45) is 0. The molecule has 0 aliphatic carbocycles. The Labute approximate surface area is 132 Å². The smallest absolute Gasteiger partial charge is 0.188 e. The lowest BCUT2D eigenvalue weighted by Gasteiger charge is -2.07. The van der Waals surface area contributed by atoms with E-state index >= 15 is 0 Å². The topological polar surface area (TPSA) is 24.9 Å². The van der Waals surface area contributed by atoms with Gasteiger partial charge in [-0.25, -0.2) is 9.37 Å². The summed E-state index contributed by atoms with van der Waals surface area (Å²) in [7, 11) is 0. The van der Waals surface area contributed by atoms with Crippen LogP contribution in [0.2, 0.25) is 5.02 Å². The molecule has 0 radical (unpaired) electrons. The minimum Gasteiger partial charge on any atom is -0.329 e. The van der Waals surface area contributed by atoms with Crippen LogP contribution in [0.25, 0.3) is 10.2 Å². The molecule has 1 aromatic heterocycles. The summed E-state index contributed by atoms with van der Waals surface area (Å²) in [4.78, 5) is 4.49. The number of halogens is 3. The van der Waals surface area contributed by atoms with Gasteiger partial charge in [0.05, 0.1) is 20.9 Å². The fraction of sp³-hybridized carbons (Fsp3) is 0.0714. The van der Waals surface area contributed by atoms with Crippen LogP contribution >= 0.6 is 38.9 Å². The van der Waals surface area contributed by atoms with E-state index in [2.05, 4.69) is 32.3 Å². The number of anilines is 2. The molecule has 0 aliphatic heterocycles. The quantitative estimate of drug-likeness (QED) is 0.606. The second-order valence-electron chi connectivity index (χ2n) is 4.36. The van der Waals surface area contributed by atoms with Crippen molar-refractivity contribution in [1.82, 2.24) is 4.98 Å². The van der Waals surface area contributed by atoms with Crippen LogP contribution in [0.4, 0.5) is 15.2 Å². The molecule has 0 saturated carbocycles. The predicted molar refractivity (Wildman–Crippen MR) is 86.7 cm³/mol. The first kappa shape index (κ1) is 13.8. The third kappa shape index (κ3) is 2.66. The zero-order valence-electron chi connectivity index (χ0n) is 10.4. The van der Waals surface area contributed by atoms with Crippen molar-refractivity contribution in [3.8, 4) is 0 Å². The van der Waals surface area contributed by atoms with Gasteiger partial charge in [-0.2, -0.15) is 0 Å². The Morgan fingerprint density at radius 1 is 1.30 bits per heavy atom. The first-order valence-electron chi connectivity index (χ1n) is 5.82. The highest BCUT2D eigenvalue weighted by molar-refractivity contribution is 9.10. The summed E-state index contributed by atoms with van der Waals surface area (Å²) in [5, 5.41) is 4.17. The second kappa shape index (κ2) is 5.31. The third-order valence-corrected chi connectivity index (χ3v) is 4.64. The summed E-state index contributed by atoms with van der Waals surface area (Å²) < 4.78 is 14.9. The van der Waals surface area contributed by atoms with Gasteiger partial charge in [0.2, 0.25) is 0 Å². The van der Waals surface area contributed by atoms with E-state index in [0.717, 1.165) is 15.3 Å².